The Labute approximate surface area is 86.2 Å². The molecule has 0 radical (unpaired) electrons. The summed E-state index contributed by atoms with van der Waals surface area (Å²) in [7, 11) is -2.83. The first-order valence-corrected chi connectivity index (χ1v) is 6.93. The van der Waals surface area contributed by atoms with E-state index in [0.29, 0.717) is 18.8 Å². The van der Waals surface area contributed by atoms with Crippen LogP contribution in [0, 0.1) is 0 Å². The van der Waals surface area contributed by atoms with Crippen LogP contribution in [-0.4, -0.2) is 38.6 Å². The molecule has 1 rings (SSSR count). The van der Waals surface area contributed by atoms with Crippen LogP contribution in [0.4, 0.5) is 0 Å². The van der Waals surface area contributed by atoms with E-state index >= 15 is 0 Å². The third kappa shape index (κ3) is 3.22. The zero-order chi connectivity index (χ0) is 10.6. The molecule has 0 aliphatic carbocycles. The molecular formula is C9H20N2O2S. The van der Waals surface area contributed by atoms with Crippen molar-refractivity contribution >= 4 is 9.84 Å². The van der Waals surface area contributed by atoms with Crippen molar-refractivity contribution in [1.29, 1.82) is 0 Å². The van der Waals surface area contributed by atoms with Gasteiger partial charge in [0.05, 0.1) is 11.0 Å². The summed E-state index contributed by atoms with van der Waals surface area (Å²) in [6.07, 6.45) is 2.65. The monoisotopic (exact) mass is 220 g/mol. The lowest BCUT2D eigenvalue weighted by Gasteiger charge is -2.23. The van der Waals surface area contributed by atoms with E-state index in [0.717, 1.165) is 19.3 Å². The van der Waals surface area contributed by atoms with Gasteiger partial charge in [-0.25, -0.2) is 8.42 Å². The summed E-state index contributed by atoms with van der Waals surface area (Å²) in [5.41, 5.74) is 5.44. The summed E-state index contributed by atoms with van der Waals surface area (Å²) >= 11 is 0. The quantitative estimate of drug-likeness (QED) is 0.693. The number of hydrogen-bond acceptors (Lipinski definition) is 4. The van der Waals surface area contributed by atoms with E-state index in [1.165, 1.54) is 0 Å². The lowest BCUT2D eigenvalue weighted by atomic mass is 10.2. The summed E-state index contributed by atoms with van der Waals surface area (Å²) in [6.45, 7) is 3.07. The van der Waals surface area contributed by atoms with Crippen LogP contribution in [0.25, 0.3) is 0 Å². The van der Waals surface area contributed by atoms with Crippen LogP contribution in [0.5, 0.6) is 0 Å². The van der Waals surface area contributed by atoms with Gasteiger partial charge in [-0.05, 0) is 19.8 Å². The van der Waals surface area contributed by atoms with Gasteiger partial charge in [-0.15, -0.1) is 0 Å². The Kier molecular flexibility index (Phi) is 4.34. The lowest BCUT2D eigenvalue weighted by molar-refractivity contribution is 0.493. The van der Waals surface area contributed by atoms with E-state index < -0.39 is 9.84 Å². The summed E-state index contributed by atoms with van der Waals surface area (Å²) in [6, 6.07) is 0.201. The Morgan fingerprint density at radius 1 is 1.50 bits per heavy atom. The molecule has 14 heavy (non-hydrogen) atoms. The first-order chi connectivity index (χ1) is 6.56. The summed E-state index contributed by atoms with van der Waals surface area (Å²) < 4.78 is 23.2. The molecule has 0 amide bonds. The Bertz CT molecular complexity index is 264. The van der Waals surface area contributed by atoms with Crippen LogP contribution in [-0.2, 0) is 9.84 Å². The Morgan fingerprint density at radius 2 is 2.21 bits per heavy atom. The molecule has 1 aliphatic heterocycles. The molecular weight excluding hydrogens is 200 g/mol. The van der Waals surface area contributed by atoms with Crippen molar-refractivity contribution < 1.29 is 8.42 Å². The predicted molar refractivity (Wildman–Crippen MR) is 57.9 cm³/mol. The van der Waals surface area contributed by atoms with Crippen LogP contribution >= 0.6 is 0 Å². The van der Waals surface area contributed by atoms with Crippen molar-refractivity contribution in [2.75, 3.05) is 18.8 Å². The van der Waals surface area contributed by atoms with Crippen LogP contribution < -0.4 is 11.1 Å². The lowest BCUT2D eigenvalue weighted by Crippen LogP contribution is -2.42. The number of rotatable bonds is 4. The smallest absolute Gasteiger partial charge is 0.154 e. The number of nitrogens with two attached hydrogens (primary N) is 1. The molecule has 84 valence electrons. The fourth-order valence-electron chi connectivity index (χ4n) is 1.67. The average molecular weight is 220 g/mol. The summed E-state index contributed by atoms with van der Waals surface area (Å²) in [4.78, 5) is 0. The molecule has 1 fully saturated rings. The summed E-state index contributed by atoms with van der Waals surface area (Å²) in [5.74, 6) is 0.357. The molecule has 0 aromatic rings. The zero-order valence-corrected chi connectivity index (χ0v) is 9.52. The van der Waals surface area contributed by atoms with Crippen molar-refractivity contribution in [1.82, 2.24) is 5.32 Å². The largest absolute Gasteiger partial charge is 0.329 e. The van der Waals surface area contributed by atoms with Crippen molar-refractivity contribution in [2.24, 2.45) is 5.73 Å². The first-order valence-electron chi connectivity index (χ1n) is 5.21. The maximum absolute atomic E-state index is 11.6. The van der Waals surface area contributed by atoms with E-state index in [1.807, 2.05) is 6.92 Å². The Morgan fingerprint density at radius 3 is 2.79 bits per heavy atom. The molecule has 2 atom stereocenters. The zero-order valence-electron chi connectivity index (χ0n) is 8.70. The molecule has 0 aromatic carbocycles. The van der Waals surface area contributed by atoms with Gasteiger partial charge in [-0.2, -0.15) is 0 Å². The highest BCUT2D eigenvalue weighted by Gasteiger charge is 2.28. The Balaban J connectivity index is 2.42. The number of nitrogens with one attached hydrogen (secondary N) is 1. The molecule has 0 aromatic heterocycles. The van der Waals surface area contributed by atoms with Gasteiger partial charge >= 0.3 is 0 Å². The predicted octanol–water partition coefficient (Wildman–Crippen LogP) is -0.109. The van der Waals surface area contributed by atoms with Crippen molar-refractivity contribution in [3.8, 4) is 0 Å². The second kappa shape index (κ2) is 5.09. The third-order valence-corrected chi connectivity index (χ3v) is 5.04. The Hall–Kier alpha value is -0.130. The van der Waals surface area contributed by atoms with Gasteiger partial charge < -0.3 is 11.1 Å². The van der Waals surface area contributed by atoms with E-state index in [1.54, 1.807) is 0 Å². The van der Waals surface area contributed by atoms with E-state index in [2.05, 4.69) is 5.32 Å². The molecule has 1 aliphatic rings. The highest BCUT2D eigenvalue weighted by molar-refractivity contribution is 7.92. The fraction of sp³-hybridized carbons (Fsp3) is 1.00. The molecule has 4 nitrogen and oxygen atoms in total. The van der Waals surface area contributed by atoms with Gasteiger partial charge in [0.25, 0.3) is 0 Å². The van der Waals surface area contributed by atoms with Gasteiger partial charge in [-0.1, -0.05) is 6.42 Å². The fourth-order valence-corrected chi connectivity index (χ4v) is 3.48. The molecule has 1 unspecified atom stereocenters. The SMILES string of the molecule is C[C@H](CN)NCC1CCCCS1(=O)=O. The van der Waals surface area contributed by atoms with Gasteiger partial charge in [-0.3, -0.25) is 0 Å². The second-order valence-electron chi connectivity index (χ2n) is 4.03. The molecule has 3 N–H and O–H groups in total. The van der Waals surface area contributed by atoms with Gasteiger partial charge in [0, 0.05) is 19.1 Å². The van der Waals surface area contributed by atoms with Crippen molar-refractivity contribution in [3.05, 3.63) is 0 Å². The molecule has 0 saturated carbocycles. The van der Waals surface area contributed by atoms with E-state index in [4.69, 9.17) is 5.73 Å². The molecule has 0 spiro atoms. The van der Waals surface area contributed by atoms with Crippen LogP contribution in [0.15, 0.2) is 0 Å². The standard InChI is InChI=1S/C9H20N2O2S/c1-8(6-10)11-7-9-4-2-3-5-14(9,12)13/h8-9,11H,2-7,10H2,1H3/t8-,9?/m1/s1. The minimum atomic E-state index is -2.83. The van der Waals surface area contributed by atoms with E-state index in [-0.39, 0.29) is 11.3 Å². The maximum Gasteiger partial charge on any atom is 0.154 e. The number of sulfone groups is 1. The van der Waals surface area contributed by atoms with Crippen LogP contribution in [0.3, 0.4) is 0 Å². The second-order valence-corrected chi connectivity index (χ2v) is 6.43. The maximum atomic E-state index is 11.6. The molecule has 0 bridgehead atoms. The highest BCUT2D eigenvalue weighted by Crippen LogP contribution is 2.18. The molecule has 1 heterocycles. The van der Waals surface area contributed by atoms with Crippen LogP contribution in [0.1, 0.15) is 26.2 Å². The summed E-state index contributed by atoms with van der Waals surface area (Å²) in [5, 5.41) is 2.96. The third-order valence-electron chi connectivity index (χ3n) is 2.76. The van der Waals surface area contributed by atoms with E-state index in [9.17, 15) is 8.42 Å². The van der Waals surface area contributed by atoms with Gasteiger partial charge in [0.2, 0.25) is 0 Å². The van der Waals surface area contributed by atoms with Crippen molar-refractivity contribution in [2.45, 2.75) is 37.5 Å². The topological polar surface area (TPSA) is 72.2 Å². The molecule has 1 saturated heterocycles. The van der Waals surface area contributed by atoms with Gasteiger partial charge in [0.1, 0.15) is 0 Å². The minimum absolute atomic E-state index is 0.190. The molecule has 5 heteroatoms. The van der Waals surface area contributed by atoms with Crippen molar-refractivity contribution in [3.63, 3.8) is 0 Å². The van der Waals surface area contributed by atoms with Crippen LogP contribution in [0.2, 0.25) is 0 Å². The van der Waals surface area contributed by atoms with Gasteiger partial charge in [0.15, 0.2) is 9.84 Å². The first kappa shape index (κ1) is 11.9. The number of hydrogen-bond donors (Lipinski definition) is 2. The average Bonchev–Trinajstić information content (AvgIpc) is 2.15. The minimum Gasteiger partial charge on any atom is -0.329 e. The normalized spacial score (nSPS) is 28.6. The highest BCUT2D eigenvalue weighted by atomic mass is 32.2.